The molecule has 0 aromatic heterocycles. The first kappa shape index (κ1) is 15.3. The predicted molar refractivity (Wildman–Crippen MR) is 82.6 cm³/mol. The molecule has 3 unspecified atom stereocenters. The van der Waals surface area contributed by atoms with E-state index < -0.39 is 0 Å². The van der Waals surface area contributed by atoms with Crippen molar-refractivity contribution in [1.82, 2.24) is 10.2 Å². The first-order valence-electron chi connectivity index (χ1n) is 7.33. The van der Waals surface area contributed by atoms with Gasteiger partial charge < -0.3 is 4.90 Å². The molecule has 3 atom stereocenters. The van der Waals surface area contributed by atoms with Crippen LogP contribution < -0.4 is 5.32 Å². The summed E-state index contributed by atoms with van der Waals surface area (Å²) in [5.74, 6) is 0.810. The highest BCUT2D eigenvalue weighted by atomic mass is 35.5. The largest absolute Gasteiger partial charge is 0.319 e. The third-order valence-electron chi connectivity index (χ3n) is 4.11. The summed E-state index contributed by atoms with van der Waals surface area (Å²) in [6, 6.07) is 7.97. The van der Waals surface area contributed by atoms with Crippen LogP contribution in [0.25, 0.3) is 0 Å². The SMILES string of the molecule is CCC(C)CC(C)N1C(=O)CNC1c1ccc(Cl)cc1. The van der Waals surface area contributed by atoms with E-state index in [1.165, 1.54) is 0 Å². The van der Waals surface area contributed by atoms with E-state index >= 15 is 0 Å². The van der Waals surface area contributed by atoms with Crippen LogP contribution in [0.15, 0.2) is 24.3 Å². The Morgan fingerprint density at radius 2 is 2.00 bits per heavy atom. The molecule has 1 amide bonds. The van der Waals surface area contributed by atoms with Gasteiger partial charge in [0, 0.05) is 11.1 Å². The molecule has 1 aliphatic heterocycles. The van der Waals surface area contributed by atoms with Crippen LogP contribution in [0, 0.1) is 5.92 Å². The third-order valence-corrected chi connectivity index (χ3v) is 4.37. The van der Waals surface area contributed by atoms with Gasteiger partial charge in [0.1, 0.15) is 6.17 Å². The molecule has 1 aliphatic rings. The first-order chi connectivity index (χ1) is 9.52. The van der Waals surface area contributed by atoms with Crippen LogP contribution in [0.2, 0.25) is 5.02 Å². The van der Waals surface area contributed by atoms with Crippen LogP contribution in [-0.4, -0.2) is 23.4 Å². The van der Waals surface area contributed by atoms with Crippen molar-refractivity contribution >= 4 is 17.5 Å². The smallest absolute Gasteiger partial charge is 0.238 e. The summed E-state index contributed by atoms with van der Waals surface area (Å²) in [5.41, 5.74) is 1.09. The van der Waals surface area contributed by atoms with Crippen molar-refractivity contribution in [2.24, 2.45) is 5.92 Å². The summed E-state index contributed by atoms with van der Waals surface area (Å²) in [6.07, 6.45) is 2.15. The number of nitrogens with zero attached hydrogens (tertiary/aromatic N) is 1. The lowest BCUT2D eigenvalue weighted by molar-refractivity contribution is -0.130. The van der Waals surface area contributed by atoms with Crippen molar-refractivity contribution in [2.75, 3.05) is 6.54 Å². The van der Waals surface area contributed by atoms with Crippen molar-refractivity contribution in [1.29, 1.82) is 0 Å². The minimum atomic E-state index is -0.0289. The molecule has 3 nitrogen and oxygen atoms in total. The fourth-order valence-electron chi connectivity index (χ4n) is 2.80. The van der Waals surface area contributed by atoms with Crippen LogP contribution in [0.1, 0.15) is 45.3 Å². The number of hydrogen-bond donors (Lipinski definition) is 1. The number of benzene rings is 1. The van der Waals surface area contributed by atoms with Gasteiger partial charge in [0.25, 0.3) is 0 Å². The molecule has 1 aromatic rings. The molecule has 1 fully saturated rings. The molecule has 20 heavy (non-hydrogen) atoms. The number of carbonyl (C=O) groups excluding carboxylic acids is 1. The molecular formula is C16H23ClN2O. The van der Waals surface area contributed by atoms with Crippen molar-refractivity contribution in [2.45, 2.75) is 45.8 Å². The van der Waals surface area contributed by atoms with Gasteiger partial charge in [-0.3, -0.25) is 10.1 Å². The highest BCUT2D eigenvalue weighted by molar-refractivity contribution is 6.30. The number of carbonyl (C=O) groups is 1. The zero-order chi connectivity index (χ0) is 14.7. The van der Waals surface area contributed by atoms with E-state index in [4.69, 9.17) is 11.6 Å². The van der Waals surface area contributed by atoms with Gasteiger partial charge in [0.2, 0.25) is 5.91 Å². The average Bonchev–Trinajstić information content (AvgIpc) is 2.81. The lowest BCUT2D eigenvalue weighted by Crippen LogP contribution is -2.38. The number of amides is 1. The van der Waals surface area contributed by atoms with Crippen LogP contribution in [-0.2, 0) is 4.79 Å². The summed E-state index contributed by atoms with van der Waals surface area (Å²) in [4.78, 5) is 14.2. The zero-order valence-corrected chi connectivity index (χ0v) is 13.2. The average molecular weight is 295 g/mol. The van der Waals surface area contributed by atoms with Crippen molar-refractivity contribution in [3.05, 3.63) is 34.9 Å². The molecule has 1 N–H and O–H groups in total. The van der Waals surface area contributed by atoms with E-state index in [9.17, 15) is 4.79 Å². The molecule has 0 aliphatic carbocycles. The van der Waals surface area contributed by atoms with Crippen LogP contribution >= 0.6 is 11.6 Å². The van der Waals surface area contributed by atoms with Gasteiger partial charge in [-0.2, -0.15) is 0 Å². The fourth-order valence-corrected chi connectivity index (χ4v) is 2.93. The summed E-state index contributed by atoms with van der Waals surface area (Å²) >= 11 is 5.93. The monoisotopic (exact) mass is 294 g/mol. The zero-order valence-electron chi connectivity index (χ0n) is 12.4. The standard InChI is InChI=1S/C16H23ClN2O/c1-4-11(2)9-12(3)19-15(20)10-18-16(19)13-5-7-14(17)8-6-13/h5-8,11-12,16,18H,4,9-10H2,1-3H3. The maximum absolute atomic E-state index is 12.2. The second-order valence-corrected chi connectivity index (χ2v) is 6.17. The van der Waals surface area contributed by atoms with E-state index in [1.807, 2.05) is 29.2 Å². The minimum Gasteiger partial charge on any atom is -0.319 e. The van der Waals surface area contributed by atoms with Crippen LogP contribution in [0.3, 0.4) is 0 Å². The molecular weight excluding hydrogens is 272 g/mol. The summed E-state index contributed by atoms with van der Waals surface area (Å²) < 4.78 is 0. The van der Waals surface area contributed by atoms with E-state index in [2.05, 4.69) is 26.1 Å². The normalized spacial score (nSPS) is 22.1. The van der Waals surface area contributed by atoms with E-state index in [-0.39, 0.29) is 18.1 Å². The van der Waals surface area contributed by atoms with Crippen LogP contribution in [0.5, 0.6) is 0 Å². The molecule has 0 bridgehead atoms. The Morgan fingerprint density at radius 1 is 1.35 bits per heavy atom. The summed E-state index contributed by atoms with van der Waals surface area (Å²) in [5, 5.41) is 4.02. The summed E-state index contributed by atoms with van der Waals surface area (Å²) in [7, 11) is 0. The lowest BCUT2D eigenvalue weighted by atomic mass is 9.98. The van der Waals surface area contributed by atoms with Gasteiger partial charge in [0.05, 0.1) is 6.54 Å². The van der Waals surface area contributed by atoms with Crippen molar-refractivity contribution < 1.29 is 4.79 Å². The maximum Gasteiger partial charge on any atom is 0.238 e. The Balaban J connectivity index is 2.15. The van der Waals surface area contributed by atoms with Gasteiger partial charge in [-0.15, -0.1) is 0 Å². The predicted octanol–water partition coefficient (Wildman–Crippen LogP) is 3.60. The van der Waals surface area contributed by atoms with E-state index in [0.29, 0.717) is 12.5 Å². The van der Waals surface area contributed by atoms with Crippen LogP contribution in [0.4, 0.5) is 0 Å². The molecule has 0 spiro atoms. The molecule has 110 valence electrons. The molecule has 1 saturated heterocycles. The Bertz CT molecular complexity index is 460. The van der Waals surface area contributed by atoms with Gasteiger partial charge >= 0.3 is 0 Å². The quantitative estimate of drug-likeness (QED) is 0.900. The molecule has 0 saturated carbocycles. The highest BCUT2D eigenvalue weighted by Crippen LogP contribution is 2.28. The van der Waals surface area contributed by atoms with E-state index in [0.717, 1.165) is 23.4 Å². The number of hydrogen-bond acceptors (Lipinski definition) is 2. The van der Waals surface area contributed by atoms with E-state index in [1.54, 1.807) is 0 Å². The van der Waals surface area contributed by atoms with Crippen molar-refractivity contribution in [3.63, 3.8) is 0 Å². The highest BCUT2D eigenvalue weighted by Gasteiger charge is 2.35. The molecule has 1 heterocycles. The minimum absolute atomic E-state index is 0.0289. The number of halogens is 1. The second-order valence-electron chi connectivity index (χ2n) is 5.73. The number of rotatable bonds is 5. The Hall–Kier alpha value is -1.06. The van der Waals surface area contributed by atoms with Gasteiger partial charge in [-0.05, 0) is 37.0 Å². The second kappa shape index (κ2) is 6.59. The topological polar surface area (TPSA) is 32.3 Å². The van der Waals surface area contributed by atoms with Crippen molar-refractivity contribution in [3.8, 4) is 0 Å². The molecule has 2 rings (SSSR count). The van der Waals surface area contributed by atoms with Gasteiger partial charge in [-0.1, -0.05) is 44.0 Å². The first-order valence-corrected chi connectivity index (χ1v) is 7.70. The molecule has 1 aromatic carbocycles. The third kappa shape index (κ3) is 3.33. The number of nitrogens with one attached hydrogen (secondary N) is 1. The fraction of sp³-hybridized carbons (Fsp3) is 0.562. The maximum atomic E-state index is 12.2. The Kier molecular flexibility index (Phi) is 5.06. The van der Waals surface area contributed by atoms with Gasteiger partial charge in [0.15, 0.2) is 0 Å². The summed E-state index contributed by atoms with van der Waals surface area (Å²) in [6.45, 7) is 6.98. The lowest BCUT2D eigenvalue weighted by Gasteiger charge is -2.32. The van der Waals surface area contributed by atoms with Gasteiger partial charge in [-0.25, -0.2) is 0 Å². The molecule has 0 radical (unpaired) electrons. The Morgan fingerprint density at radius 3 is 2.60 bits per heavy atom. The Labute approximate surface area is 126 Å². The molecule has 4 heteroatoms.